The van der Waals surface area contributed by atoms with Crippen LogP contribution >= 0.6 is 12.4 Å². The number of aliphatic imine (C=N–C) groups is 1. The molecular weight excluding hydrogens is 234 g/mol. The van der Waals surface area contributed by atoms with Crippen LogP contribution in [-0.4, -0.2) is 25.5 Å². The molecule has 1 heterocycles. The van der Waals surface area contributed by atoms with E-state index in [1.807, 2.05) is 0 Å². The van der Waals surface area contributed by atoms with Crippen molar-refractivity contribution in [2.24, 2.45) is 4.99 Å². The van der Waals surface area contributed by atoms with Crippen LogP contribution < -0.4 is 10.6 Å². The van der Waals surface area contributed by atoms with Crippen LogP contribution in [-0.2, 0) is 6.42 Å². The first-order chi connectivity index (χ1) is 7.81. The van der Waals surface area contributed by atoms with Gasteiger partial charge in [0.25, 0.3) is 0 Å². The van der Waals surface area contributed by atoms with Crippen molar-refractivity contribution in [3.05, 3.63) is 29.3 Å². The van der Waals surface area contributed by atoms with Crippen molar-refractivity contribution in [2.75, 3.05) is 25.0 Å². The number of hydrogen-bond donors (Lipinski definition) is 2. The first kappa shape index (κ1) is 13.8. The largest absolute Gasteiger partial charge is 0.378 e. The molecule has 0 amide bonds. The Bertz CT molecular complexity index is 402. The molecule has 1 aliphatic rings. The first-order valence-corrected chi connectivity index (χ1v) is 5.91. The predicted octanol–water partition coefficient (Wildman–Crippen LogP) is 2.39. The first-order valence-electron chi connectivity index (χ1n) is 5.91. The minimum absolute atomic E-state index is 0. The highest BCUT2D eigenvalue weighted by Gasteiger charge is 2.06. The van der Waals surface area contributed by atoms with Gasteiger partial charge in [-0.05, 0) is 30.5 Å². The van der Waals surface area contributed by atoms with Crippen molar-refractivity contribution in [1.82, 2.24) is 5.32 Å². The molecule has 94 valence electrons. The fourth-order valence-electron chi connectivity index (χ4n) is 2.00. The van der Waals surface area contributed by atoms with Crippen molar-refractivity contribution in [3.8, 4) is 0 Å². The van der Waals surface area contributed by atoms with Crippen LogP contribution in [0.4, 0.5) is 5.69 Å². The highest BCUT2D eigenvalue weighted by Crippen LogP contribution is 2.18. The Morgan fingerprint density at radius 3 is 2.88 bits per heavy atom. The van der Waals surface area contributed by atoms with Crippen molar-refractivity contribution < 1.29 is 0 Å². The summed E-state index contributed by atoms with van der Waals surface area (Å²) in [4.78, 5) is 4.37. The smallest absolute Gasteiger partial charge is 0.116 e. The monoisotopic (exact) mass is 253 g/mol. The summed E-state index contributed by atoms with van der Waals surface area (Å²) in [6.45, 7) is 7.05. The quantitative estimate of drug-likeness (QED) is 0.865. The Labute approximate surface area is 109 Å². The van der Waals surface area contributed by atoms with E-state index in [9.17, 15) is 0 Å². The maximum absolute atomic E-state index is 4.37. The summed E-state index contributed by atoms with van der Waals surface area (Å²) >= 11 is 0. The number of nitrogens with one attached hydrogen (secondary N) is 2. The van der Waals surface area contributed by atoms with Gasteiger partial charge >= 0.3 is 0 Å². The summed E-state index contributed by atoms with van der Waals surface area (Å²) in [5.41, 5.74) is 3.98. The summed E-state index contributed by atoms with van der Waals surface area (Å²) in [5, 5.41) is 6.70. The normalized spacial score (nSPS) is 13.6. The van der Waals surface area contributed by atoms with Crippen molar-refractivity contribution in [1.29, 1.82) is 0 Å². The fourth-order valence-corrected chi connectivity index (χ4v) is 2.00. The van der Waals surface area contributed by atoms with Crippen LogP contribution in [0.1, 0.15) is 18.1 Å². The lowest BCUT2D eigenvalue weighted by molar-refractivity contribution is 0.955. The van der Waals surface area contributed by atoms with Crippen LogP contribution in [0.3, 0.4) is 0 Å². The van der Waals surface area contributed by atoms with Crippen LogP contribution in [0, 0.1) is 6.92 Å². The highest BCUT2D eigenvalue weighted by molar-refractivity contribution is 5.87. The van der Waals surface area contributed by atoms with E-state index in [1.165, 1.54) is 16.8 Å². The molecule has 0 fully saturated rings. The number of rotatable bonds is 4. The van der Waals surface area contributed by atoms with E-state index in [0.717, 1.165) is 31.9 Å². The van der Waals surface area contributed by atoms with Crippen LogP contribution in [0.5, 0.6) is 0 Å². The average Bonchev–Trinajstić information content (AvgIpc) is 2.81. The van der Waals surface area contributed by atoms with Crippen molar-refractivity contribution in [2.45, 2.75) is 20.3 Å². The van der Waals surface area contributed by atoms with Gasteiger partial charge in [0.1, 0.15) is 5.84 Å². The van der Waals surface area contributed by atoms with Crippen LogP contribution in [0.2, 0.25) is 0 Å². The SMILES string of the molecule is CCc1cccc(NCC2=NCCN2)c1C.Cl. The van der Waals surface area contributed by atoms with Gasteiger partial charge in [-0.3, -0.25) is 4.99 Å². The predicted molar refractivity (Wildman–Crippen MR) is 76.6 cm³/mol. The zero-order valence-electron chi connectivity index (χ0n) is 10.4. The third-order valence-corrected chi connectivity index (χ3v) is 3.02. The zero-order valence-corrected chi connectivity index (χ0v) is 11.2. The molecular formula is C13H20ClN3. The number of benzene rings is 1. The number of nitrogens with zero attached hydrogens (tertiary/aromatic N) is 1. The second-order valence-electron chi connectivity index (χ2n) is 4.05. The van der Waals surface area contributed by atoms with E-state index < -0.39 is 0 Å². The molecule has 0 aromatic heterocycles. The molecule has 0 spiro atoms. The summed E-state index contributed by atoms with van der Waals surface area (Å²) < 4.78 is 0. The molecule has 0 radical (unpaired) electrons. The van der Waals surface area contributed by atoms with Crippen molar-refractivity contribution >= 4 is 23.9 Å². The minimum atomic E-state index is 0. The summed E-state index contributed by atoms with van der Waals surface area (Å²) in [7, 11) is 0. The number of amidine groups is 1. The molecule has 2 N–H and O–H groups in total. The molecule has 0 bridgehead atoms. The third kappa shape index (κ3) is 3.37. The van der Waals surface area contributed by atoms with Crippen molar-refractivity contribution in [3.63, 3.8) is 0 Å². The summed E-state index contributed by atoms with van der Waals surface area (Å²) in [6, 6.07) is 6.42. The highest BCUT2D eigenvalue weighted by atomic mass is 35.5. The molecule has 1 aromatic rings. The van der Waals surface area contributed by atoms with E-state index in [2.05, 4.69) is 47.7 Å². The summed E-state index contributed by atoms with van der Waals surface area (Å²) in [6.07, 6.45) is 1.08. The molecule has 1 aliphatic heterocycles. The fraction of sp³-hybridized carbons (Fsp3) is 0.462. The van der Waals surface area contributed by atoms with Gasteiger partial charge in [-0.15, -0.1) is 12.4 Å². The number of hydrogen-bond acceptors (Lipinski definition) is 3. The number of anilines is 1. The topological polar surface area (TPSA) is 36.4 Å². The second-order valence-corrected chi connectivity index (χ2v) is 4.05. The van der Waals surface area contributed by atoms with E-state index in [-0.39, 0.29) is 12.4 Å². The molecule has 0 unspecified atom stereocenters. The molecule has 2 rings (SSSR count). The lowest BCUT2D eigenvalue weighted by Gasteiger charge is -2.12. The van der Waals surface area contributed by atoms with Gasteiger partial charge in [-0.1, -0.05) is 19.1 Å². The Morgan fingerprint density at radius 1 is 1.41 bits per heavy atom. The van der Waals surface area contributed by atoms with Gasteiger partial charge in [0.05, 0.1) is 13.1 Å². The van der Waals surface area contributed by atoms with Gasteiger partial charge in [-0.25, -0.2) is 0 Å². The molecule has 4 heteroatoms. The van der Waals surface area contributed by atoms with Crippen LogP contribution in [0.25, 0.3) is 0 Å². The van der Waals surface area contributed by atoms with Gasteiger partial charge in [0, 0.05) is 12.2 Å². The summed E-state index contributed by atoms with van der Waals surface area (Å²) in [5.74, 6) is 1.07. The van der Waals surface area contributed by atoms with E-state index in [4.69, 9.17) is 0 Å². The standard InChI is InChI=1S/C13H19N3.ClH/c1-3-11-5-4-6-12(10(11)2)16-9-13-14-7-8-15-13;/h4-6,16H,3,7-9H2,1-2H3,(H,14,15);1H. The molecule has 17 heavy (non-hydrogen) atoms. The second kappa shape index (κ2) is 6.50. The maximum atomic E-state index is 4.37. The minimum Gasteiger partial charge on any atom is -0.378 e. The Morgan fingerprint density at radius 2 is 2.24 bits per heavy atom. The van der Waals surface area contributed by atoms with E-state index in [1.54, 1.807) is 0 Å². The van der Waals surface area contributed by atoms with E-state index in [0.29, 0.717) is 0 Å². The van der Waals surface area contributed by atoms with Gasteiger partial charge < -0.3 is 10.6 Å². The lowest BCUT2D eigenvalue weighted by atomic mass is 10.0. The molecule has 0 aliphatic carbocycles. The maximum Gasteiger partial charge on any atom is 0.116 e. The van der Waals surface area contributed by atoms with Crippen LogP contribution in [0.15, 0.2) is 23.2 Å². The molecule has 1 aromatic carbocycles. The number of aryl methyl sites for hydroxylation is 1. The lowest BCUT2D eigenvalue weighted by Crippen LogP contribution is -2.26. The Hall–Kier alpha value is -1.22. The Kier molecular flexibility index (Phi) is 5.29. The molecule has 3 nitrogen and oxygen atoms in total. The molecule has 0 saturated carbocycles. The average molecular weight is 254 g/mol. The van der Waals surface area contributed by atoms with Gasteiger partial charge in [0.15, 0.2) is 0 Å². The van der Waals surface area contributed by atoms with Gasteiger partial charge in [-0.2, -0.15) is 0 Å². The van der Waals surface area contributed by atoms with E-state index >= 15 is 0 Å². The third-order valence-electron chi connectivity index (χ3n) is 3.02. The molecule has 0 saturated heterocycles. The zero-order chi connectivity index (χ0) is 11.4. The Balaban J connectivity index is 0.00000144. The molecule has 0 atom stereocenters. The van der Waals surface area contributed by atoms with Gasteiger partial charge in [0.2, 0.25) is 0 Å². The number of halogens is 1.